The third-order valence-corrected chi connectivity index (χ3v) is 12.9. The number of imide groups is 1. The number of nitrogens with one attached hydrogen (secondary N) is 3. The van der Waals surface area contributed by atoms with Gasteiger partial charge in [0.25, 0.3) is 12.3 Å². The fourth-order valence-corrected chi connectivity index (χ4v) is 9.64. The maximum atomic E-state index is 14.3. The molecular weight excluding hydrogens is 795 g/mol. The monoisotopic (exact) mass is 840 g/mol. The van der Waals surface area contributed by atoms with Gasteiger partial charge in [0.1, 0.15) is 17.1 Å². The van der Waals surface area contributed by atoms with E-state index in [1.165, 1.54) is 16.9 Å². The molecule has 2 bridgehead atoms. The first-order valence-corrected chi connectivity index (χ1v) is 21.0. The van der Waals surface area contributed by atoms with Gasteiger partial charge in [-0.1, -0.05) is 11.2 Å². The summed E-state index contributed by atoms with van der Waals surface area (Å²) in [6.45, 7) is 5.65. The van der Waals surface area contributed by atoms with E-state index in [9.17, 15) is 28.0 Å². The molecule has 4 aromatic heterocycles. The second-order valence-electron chi connectivity index (χ2n) is 16.8. The fraction of sp³-hybridized carbons (Fsp3) is 0.512. The third kappa shape index (κ3) is 7.83. The number of alkyl halides is 2. The first kappa shape index (κ1) is 39.3. The molecule has 3 N–H and O–H groups in total. The van der Waals surface area contributed by atoms with E-state index in [0.29, 0.717) is 46.9 Å². The number of hydrogen-bond donors (Lipinski definition) is 3. The lowest BCUT2D eigenvalue weighted by Crippen LogP contribution is -2.43. The molecule has 5 fully saturated rings. The number of amides is 4. The molecular formula is C41H46F2N12O6. The predicted octanol–water partition coefficient (Wildman–Crippen LogP) is 3.74. The molecule has 0 radical (unpaired) electrons. The van der Waals surface area contributed by atoms with Crippen LogP contribution in [0.4, 0.5) is 26.0 Å². The molecule has 0 aliphatic carbocycles. The summed E-state index contributed by atoms with van der Waals surface area (Å²) in [6.07, 6.45) is 6.81. The molecule has 10 rings (SSSR count). The lowest BCUT2D eigenvalue weighted by Gasteiger charge is -2.37. The van der Waals surface area contributed by atoms with E-state index >= 15 is 0 Å². The van der Waals surface area contributed by atoms with Crippen molar-refractivity contribution in [3.8, 4) is 0 Å². The summed E-state index contributed by atoms with van der Waals surface area (Å²) in [5.41, 5.74) is 1.34. The van der Waals surface area contributed by atoms with Crippen molar-refractivity contribution in [1.82, 2.24) is 44.7 Å². The number of carbonyl (C=O) groups is 4. The summed E-state index contributed by atoms with van der Waals surface area (Å²) in [7, 11) is 0. The molecule has 5 aliphatic rings. The zero-order valence-corrected chi connectivity index (χ0v) is 33.3. The molecule has 4 amide bonds. The summed E-state index contributed by atoms with van der Waals surface area (Å²) < 4.78 is 42.9. The zero-order valence-electron chi connectivity index (χ0n) is 33.3. The quantitative estimate of drug-likeness (QED) is 0.163. The fourth-order valence-electron chi connectivity index (χ4n) is 9.64. The highest BCUT2D eigenvalue weighted by Crippen LogP contribution is 2.35. The van der Waals surface area contributed by atoms with Crippen molar-refractivity contribution in [3.05, 3.63) is 59.8 Å². The molecule has 61 heavy (non-hydrogen) atoms. The van der Waals surface area contributed by atoms with Gasteiger partial charge >= 0.3 is 0 Å². The number of hydrogen-bond acceptors (Lipinski definition) is 13. The Morgan fingerprint density at radius 1 is 0.967 bits per heavy atom. The van der Waals surface area contributed by atoms with Crippen molar-refractivity contribution in [2.45, 2.75) is 75.5 Å². The molecule has 20 heteroatoms. The topological polar surface area (TPSA) is 197 Å². The molecule has 1 aromatic carbocycles. The number of para-hydroxylation sites is 1. The van der Waals surface area contributed by atoms with Gasteiger partial charge in [-0.25, -0.2) is 18.3 Å². The summed E-state index contributed by atoms with van der Waals surface area (Å²) in [5, 5.41) is 21.3. The Morgan fingerprint density at radius 2 is 1.79 bits per heavy atom. The minimum Gasteiger partial charge on any atom is -0.374 e. The maximum absolute atomic E-state index is 14.3. The van der Waals surface area contributed by atoms with Crippen LogP contribution < -0.4 is 20.9 Å². The first-order chi connectivity index (χ1) is 29.6. The Hall–Kier alpha value is -5.86. The highest BCUT2D eigenvalue weighted by Gasteiger charge is 2.40. The molecule has 3 atom stereocenters. The van der Waals surface area contributed by atoms with Gasteiger partial charge in [0.05, 0.1) is 54.8 Å². The van der Waals surface area contributed by atoms with Crippen LogP contribution in [0.25, 0.3) is 16.6 Å². The lowest BCUT2D eigenvalue weighted by atomic mass is 9.93. The number of likely N-dealkylation sites (tertiary alicyclic amines) is 2. The van der Waals surface area contributed by atoms with Gasteiger partial charge in [-0.3, -0.25) is 34.1 Å². The number of morpholine rings is 1. The largest absolute Gasteiger partial charge is 0.374 e. The van der Waals surface area contributed by atoms with Crippen LogP contribution in [0, 0.1) is 5.92 Å². The molecule has 0 unspecified atom stereocenters. The normalized spacial score (nSPS) is 23.1. The number of piperidine rings is 3. The second-order valence-corrected chi connectivity index (χ2v) is 16.8. The number of halogens is 2. The van der Waals surface area contributed by atoms with Crippen molar-refractivity contribution >= 4 is 57.4 Å². The summed E-state index contributed by atoms with van der Waals surface area (Å²) in [5.74, 6) is -0.877. The molecule has 320 valence electrons. The highest BCUT2D eigenvalue weighted by atomic mass is 19.3. The van der Waals surface area contributed by atoms with Crippen LogP contribution in [-0.4, -0.2) is 128 Å². The van der Waals surface area contributed by atoms with Gasteiger partial charge in [-0.15, -0.1) is 0 Å². The Morgan fingerprint density at radius 3 is 2.54 bits per heavy atom. The first-order valence-electron chi connectivity index (χ1n) is 21.0. The van der Waals surface area contributed by atoms with Crippen LogP contribution in [0.15, 0.2) is 47.4 Å². The maximum Gasteiger partial charge on any atom is 0.284 e. The number of carbonyl (C=O) groups excluding carboxylic acids is 4. The van der Waals surface area contributed by atoms with Crippen LogP contribution in [0.2, 0.25) is 0 Å². The number of rotatable bonds is 11. The van der Waals surface area contributed by atoms with Gasteiger partial charge in [0.15, 0.2) is 16.9 Å². The van der Waals surface area contributed by atoms with Crippen molar-refractivity contribution in [2.75, 3.05) is 68.0 Å². The number of nitrogens with zero attached hydrogens (tertiary/aromatic N) is 9. The highest BCUT2D eigenvalue weighted by molar-refractivity contribution is 6.08. The number of anilines is 3. The molecule has 5 aliphatic heterocycles. The molecule has 0 spiro atoms. The van der Waals surface area contributed by atoms with E-state index in [1.54, 1.807) is 29.1 Å². The Bertz CT molecular complexity index is 2490. The van der Waals surface area contributed by atoms with Gasteiger partial charge in [0.2, 0.25) is 17.7 Å². The molecule has 5 saturated heterocycles. The van der Waals surface area contributed by atoms with E-state index < -0.39 is 29.9 Å². The SMILES string of the molecule is O=C1CC[C@@H](c2noc3c(NC(=O)CN4CCC(CN5CCC(n6cc(NC(=O)c7cnn8ccc(N9C[C@H]%10C[C@@H]9CO%10)nc78)c(C(F)F)n6)CC5)CC4)cccc23)C(=O)N1. The minimum absolute atomic E-state index is 0.0266. The number of fused-ring (bicyclic) bond motifs is 4. The van der Waals surface area contributed by atoms with Crippen molar-refractivity contribution in [2.24, 2.45) is 5.92 Å². The zero-order chi connectivity index (χ0) is 41.8. The van der Waals surface area contributed by atoms with E-state index in [1.807, 2.05) is 6.07 Å². The Kier molecular flexibility index (Phi) is 10.4. The summed E-state index contributed by atoms with van der Waals surface area (Å²) in [6, 6.07) is 7.31. The van der Waals surface area contributed by atoms with Crippen molar-refractivity contribution < 1.29 is 37.2 Å². The van der Waals surface area contributed by atoms with Crippen LogP contribution in [-0.2, 0) is 19.1 Å². The standard InChI is InChI=1S/C41H46F2N12O6/c42-38(43)36-31(46-41(59)29-17-44-54-15-10-32(47-39(29)54)53-19-26-16-25(53)22-60-26)20-55(49-36)24-8-13-51(14-9-24)18-23-6-11-52(12-7-23)21-34(57)45-30-3-1-2-27-35(50-61-37(27)30)28-4-5-33(56)48-40(28)58/h1-3,10,15,17,20,23-26,28,38H,4-9,11-14,16,18-19,21-22H2,(H,45,57)(H,46,59)(H,48,56,58)/t25-,26-,28+/m1/s1. The van der Waals surface area contributed by atoms with Crippen LogP contribution in [0.1, 0.15) is 85.1 Å². The van der Waals surface area contributed by atoms with Crippen LogP contribution in [0.3, 0.4) is 0 Å². The third-order valence-electron chi connectivity index (χ3n) is 12.9. The summed E-state index contributed by atoms with van der Waals surface area (Å²) in [4.78, 5) is 62.2. The predicted molar refractivity (Wildman–Crippen MR) is 215 cm³/mol. The number of benzene rings is 1. The average Bonchev–Trinajstić information content (AvgIpc) is 4.11. The van der Waals surface area contributed by atoms with E-state index in [-0.39, 0.29) is 54.2 Å². The van der Waals surface area contributed by atoms with E-state index in [2.05, 4.69) is 46.0 Å². The Labute approximate surface area is 347 Å². The van der Waals surface area contributed by atoms with Gasteiger partial charge in [-0.2, -0.15) is 10.2 Å². The lowest BCUT2D eigenvalue weighted by molar-refractivity contribution is -0.134. The second kappa shape index (κ2) is 16.2. The molecule has 0 saturated carbocycles. The molecule has 5 aromatic rings. The smallest absolute Gasteiger partial charge is 0.284 e. The number of ether oxygens (including phenoxy) is 1. The van der Waals surface area contributed by atoms with Gasteiger partial charge in [-0.05, 0) is 75.7 Å². The molecule has 18 nitrogen and oxygen atoms in total. The number of aromatic nitrogens is 6. The van der Waals surface area contributed by atoms with Gasteiger partial charge in [0, 0.05) is 50.4 Å². The average molecular weight is 841 g/mol. The summed E-state index contributed by atoms with van der Waals surface area (Å²) >= 11 is 0. The van der Waals surface area contributed by atoms with Crippen LogP contribution in [0.5, 0.6) is 0 Å². The Balaban J connectivity index is 0.699. The molecule has 9 heterocycles. The van der Waals surface area contributed by atoms with E-state index in [0.717, 1.165) is 77.2 Å². The van der Waals surface area contributed by atoms with Crippen molar-refractivity contribution in [3.63, 3.8) is 0 Å². The van der Waals surface area contributed by atoms with Gasteiger partial charge < -0.3 is 29.7 Å². The van der Waals surface area contributed by atoms with Crippen molar-refractivity contribution in [1.29, 1.82) is 0 Å². The van der Waals surface area contributed by atoms with E-state index in [4.69, 9.17) is 14.2 Å². The van der Waals surface area contributed by atoms with Crippen LogP contribution >= 0.6 is 0 Å². The minimum atomic E-state index is -2.88.